The van der Waals surface area contributed by atoms with Crippen LogP contribution in [0.15, 0.2) is 24.4 Å². The first-order chi connectivity index (χ1) is 7.77. The van der Waals surface area contributed by atoms with E-state index >= 15 is 0 Å². The van der Waals surface area contributed by atoms with Gasteiger partial charge in [-0.1, -0.05) is 17.7 Å². The molecule has 0 aliphatic rings. The maximum atomic E-state index is 6.27. The topological polar surface area (TPSA) is 30.9 Å². The van der Waals surface area contributed by atoms with E-state index in [9.17, 15) is 0 Å². The van der Waals surface area contributed by atoms with Crippen LogP contribution in [0, 0.1) is 0 Å². The number of aryl methyl sites for hydroxylation is 2. The molecule has 0 radical (unpaired) electrons. The van der Waals surface area contributed by atoms with Crippen LogP contribution in [0.4, 0.5) is 0 Å². The second-order valence-electron chi connectivity index (χ2n) is 3.97. The second kappa shape index (κ2) is 4.89. The molecule has 1 heterocycles. The molecule has 0 atom stereocenters. The number of nitrogens with zero attached hydrogens (tertiary/aromatic N) is 1. The van der Waals surface area contributed by atoms with E-state index in [1.54, 1.807) is 0 Å². The van der Waals surface area contributed by atoms with Gasteiger partial charge in [0.2, 0.25) is 0 Å². The lowest BCUT2D eigenvalue weighted by molar-refractivity contribution is 0.781. The minimum absolute atomic E-state index is 0.725. The molecule has 0 saturated carbocycles. The van der Waals surface area contributed by atoms with Crippen molar-refractivity contribution in [2.45, 2.75) is 26.3 Å². The fourth-order valence-corrected chi connectivity index (χ4v) is 2.43. The summed E-state index contributed by atoms with van der Waals surface area (Å²) in [5.74, 6) is 0. The first kappa shape index (κ1) is 11.5. The molecule has 2 rings (SSSR count). The quantitative estimate of drug-likeness (QED) is 0.869. The number of benzene rings is 1. The average molecular weight is 237 g/mol. The summed E-state index contributed by atoms with van der Waals surface area (Å²) in [4.78, 5) is 0. The van der Waals surface area contributed by atoms with E-state index < -0.39 is 0 Å². The normalized spacial score (nSPS) is 11.2. The molecule has 1 aromatic heterocycles. The van der Waals surface area contributed by atoms with Gasteiger partial charge in [0.1, 0.15) is 0 Å². The van der Waals surface area contributed by atoms with E-state index in [1.807, 2.05) is 12.1 Å². The van der Waals surface area contributed by atoms with Crippen LogP contribution in [-0.2, 0) is 13.0 Å². The molecule has 0 bridgehead atoms. The third-order valence-corrected chi connectivity index (χ3v) is 3.24. The van der Waals surface area contributed by atoms with Gasteiger partial charge >= 0.3 is 0 Å². The summed E-state index contributed by atoms with van der Waals surface area (Å²) in [5.41, 5.74) is 8.09. The summed E-state index contributed by atoms with van der Waals surface area (Å²) in [6, 6.07) is 6.08. The van der Waals surface area contributed by atoms with Crippen molar-refractivity contribution in [3.05, 3.63) is 35.0 Å². The van der Waals surface area contributed by atoms with Crippen LogP contribution < -0.4 is 5.73 Å². The summed E-state index contributed by atoms with van der Waals surface area (Å²) in [5, 5.41) is 2.04. The molecule has 0 saturated heterocycles. The maximum absolute atomic E-state index is 6.27. The van der Waals surface area contributed by atoms with E-state index in [2.05, 4.69) is 23.8 Å². The number of aromatic nitrogens is 1. The SMILES string of the molecule is CCn1cc(CCCN)c2c(Cl)cccc21. The van der Waals surface area contributed by atoms with Crippen molar-refractivity contribution in [3.8, 4) is 0 Å². The molecule has 0 spiro atoms. The minimum atomic E-state index is 0.725. The van der Waals surface area contributed by atoms with Gasteiger partial charge in [-0.25, -0.2) is 0 Å². The fourth-order valence-electron chi connectivity index (χ4n) is 2.14. The number of nitrogens with two attached hydrogens (primary N) is 1. The average Bonchev–Trinajstić information content (AvgIpc) is 2.66. The van der Waals surface area contributed by atoms with E-state index in [0.29, 0.717) is 0 Å². The monoisotopic (exact) mass is 236 g/mol. The Labute approximate surface area is 101 Å². The molecule has 0 unspecified atom stereocenters. The number of rotatable bonds is 4. The van der Waals surface area contributed by atoms with E-state index in [-0.39, 0.29) is 0 Å². The number of hydrogen-bond acceptors (Lipinski definition) is 1. The third-order valence-electron chi connectivity index (χ3n) is 2.92. The Bertz CT molecular complexity index is 488. The molecule has 2 aromatic rings. The van der Waals surface area contributed by atoms with E-state index in [1.165, 1.54) is 16.5 Å². The van der Waals surface area contributed by atoms with Gasteiger partial charge in [-0.3, -0.25) is 0 Å². The van der Waals surface area contributed by atoms with Gasteiger partial charge in [0.15, 0.2) is 0 Å². The molecule has 0 aliphatic heterocycles. The van der Waals surface area contributed by atoms with Crippen LogP contribution in [-0.4, -0.2) is 11.1 Å². The summed E-state index contributed by atoms with van der Waals surface area (Å²) in [6.07, 6.45) is 4.21. The van der Waals surface area contributed by atoms with Crippen molar-refractivity contribution in [1.82, 2.24) is 4.57 Å². The molecule has 1 aromatic carbocycles. The fraction of sp³-hybridized carbons (Fsp3) is 0.385. The standard InChI is InChI=1S/C13H17ClN2/c1-2-16-9-10(5-4-8-15)13-11(14)6-3-7-12(13)16/h3,6-7,9H,2,4-5,8,15H2,1H3. The number of hydrogen-bond donors (Lipinski definition) is 1. The predicted molar refractivity (Wildman–Crippen MR) is 70.0 cm³/mol. The lowest BCUT2D eigenvalue weighted by Crippen LogP contribution is -2.00. The molecule has 0 aliphatic carbocycles. The van der Waals surface area contributed by atoms with Crippen molar-refractivity contribution in [3.63, 3.8) is 0 Å². The Morgan fingerprint density at radius 3 is 2.88 bits per heavy atom. The predicted octanol–water partition coefficient (Wildman–Crippen LogP) is 3.21. The molecule has 0 amide bonds. The first-order valence-corrected chi connectivity index (χ1v) is 6.12. The van der Waals surface area contributed by atoms with Crippen molar-refractivity contribution in [2.24, 2.45) is 5.73 Å². The van der Waals surface area contributed by atoms with Crippen LogP contribution in [0.25, 0.3) is 10.9 Å². The van der Waals surface area contributed by atoms with Crippen LogP contribution in [0.2, 0.25) is 5.02 Å². The molecule has 86 valence electrons. The first-order valence-electron chi connectivity index (χ1n) is 5.74. The van der Waals surface area contributed by atoms with Gasteiger partial charge in [-0.05, 0) is 44.0 Å². The number of fused-ring (bicyclic) bond motifs is 1. The Morgan fingerprint density at radius 2 is 2.19 bits per heavy atom. The third kappa shape index (κ3) is 1.95. The van der Waals surface area contributed by atoms with Crippen molar-refractivity contribution < 1.29 is 0 Å². The Kier molecular flexibility index (Phi) is 3.52. The van der Waals surface area contributed by atoms with Crippen LogP contribution in [0.5, 0.6) is 0 Å². The lowest BCUT2D eigenvalue weighted by atomic mass is 10.1. The number of halogens is 1. The van der Waals surface area contributed by atoms with Gasteiger partial charge in [0.25, 0.3) is 0 Å². The van der Waals surface area contributed by atoms with Crippen molar-refractivity contribution in [1.29, 1.82) is 0 Å². The lowest BCUT2D eigenvalue weighted by Gasteiger charge is -2.00. The molecule has 16 heavy (non-hydrogen) atoms. The van der Waals surface area contributed by atoms with Gasteiger partial charge < -0.3 is 10.3 Å². The largest absolute Gasteiger partial charge is 0.347 e. The zero-order valence-corrected chi connectivity index (χ0v) is 10.3. The Morgan fingerprint density at radius 1 is 1.38 bits per heavy atom. The van der Waals surface area contributed by atoms with E-state index in [0.717, 1.165) is 31.0 Å². The highest BCUT2D eigenvalue weighted by Crippen LogP contribution is 2.29. The van der Waals surface area contributed by atoms with Crippen LogP contribution >= 0.6 is 11.6 Å². The molecule has 2 nitrogen and oxygen atoms in total. The van der Waals surface area contributed by atoms with Gasteiger partial charge in [0.05, 0.1) is 5.02 Å². The zero-order valence-electron chi connectivity index (χ0n) is 9.54. The van der Waals surface area contributed by atoms with Crippen LogP contribution in [0.1, 0.15) is 18.9 Å². The van der Waals surface area contributed by atoms with Crippen molar-refractivity contribution >= 4 is 22.5 Å². The van der Waals surface area contributed by atoms with Crippen molar-refractivity contribution in [2.75, 3.05) is 6.54 Å². The highest BCUT2D eigenvalue weighted by Gasteiger charge is 2.09. The molecule has 3 heteroatoms. The summed E-state index contributed by atoms with van der Waals surface area (Å²) in [7, 11) is 0. The molecular formula is C13H17ClN2. The molecular weight excluding hydrogens is 220 g/mol. The molecule has 2 N–H and O–H groups in total. The second-order valence-corrected chi connectivity index (χ2v) is 4.37. The van der Waals surface area contributed by atoms with Crippen LogP contribution in [0.3, 0.4) is 0 Å². The van der Waals surface area contributed by atoms with E-state index in [4.69, 9.17) is 17.3 Å². The Balaban J connectivity index is 2.55. The van der Waals surface area contributed by atoms with Gasteiger partial charge in [-0.2, -0.15) is 0 Å². The zero-order chi connectivity index (χ0) is 11.5. The van der Waals surface area contributed by atoms with Gasteiger partial charge in [-0.15, -0.1) is 0 Å². The summed E-state index contributed by atoms with van der Waals surface area (Å²) in [6.45, 7) is 3.84. The minimum Gasteiger partial charge on any atom is -0.347 e. The smallest absolute Gasteiger partial charge is 0.0502 e. The maximum Gasteiger partial charge on any atom is 0.0502 e. The Hall–Kier alpha value is -0.990. The summed E-state index contributed by atoms with van der Waals surface area (Å²) >= 11 is 6.27. The van der Waals surface area contributed by atoms with Gasteiger partial charge in [0, 0.05) is 23.6 Å². The molecule has 0 fully saturated rings. The highest BCUT2D eigenvalue weighted by molar-refractivity contribution is 6.35. The summed E-state index contributed by atoms with van der Waals surface area (Å²) < 4.78 is 2.24. The highest BCUT2D eigenvalue weighted by atomic mass is 35.5.